The van der Waals surface area contributed by atoms with Gasteiger partial charge in [-0.05, 0) is 44.7 Å². The molecule has 1 aromatic carbocycles. The van der Waals surface area contributed by atoms with Gasteiger partial charge in [-0.25, -0.2) is 0 Å². The third-order valence-corrected chi connectivity index (χ3v) is 4.04. The van der Waals surface area contributed by atoms with Gasteiger partial charge in [-0.3, -0.25) is 0 Å². The van der Waals surface area contributed by atoms with Gasteiger partial charge >= 0.3 is 0 Å². The van der Waals surface area contributed by atoms with Crippen molar-refractivity contribution >= 4 is 0 Å². The third kappa shape index (κ3) is 4.63. The molecule has 0 amide bonds. The molecule has 0 spiro atoms. The summed E-state index contributed by atoms with van der Waals surface area (Å²) in [7, 11) is 0. The number of benzene rings is 1. The van der Waals surface area contributed by atoms with E-state index in [1.54, 1.807) is 0 Å². The molecule has 0 aliphatic carbocycles. The second-order valence-electron chi connectivity index (χ2n) is 5.72. The molecule has 2 nitrogen and oxygen atoms in total. The molecule has 1 N–H and O–H groups in total. The highest BCUT2D eigenvalue weighted by atomic mass is 16.5. The smallest absolute Gasteiger partial charge is 0.0551 e. The molecule has 3 unspecified atom stereocenters. The first-order chi connectivity index (χ1) is 9.29. The van der Waals surface area contributed by atoms with Gasteiger partial charge in [0.1, 0.15) is 0 Å². The van der Waals surface area contributed by atoms with E-state index in [4.69, 9.17) is 4.74 Å². The number of rotatable bonds is 7. The van der Waals surface area contributed by atoms with Crippen molar-refractivity contribution in [3.05, 3.63) is 35.9 Å². The third-order valence-electron chi connectivity index (χ3n) is 4.04. The standard InChI is InChI=1S/C17H27NO/c1-3-11-18-17(16-12-14(2)19-13-16)10-9-15-7-5-4-6-8-15/h4-8,14,16-18H,3,9-13H2,1-2H3. The van der Waals surface area contributed by atoms with Gasteiger partial charge in [-0.1, -0.05) is 37.3 Å². The van der Waals surface area contributed by atoms with E-state index in [0.717, 1.165) is 19.6 Å². The van der Waals surface area contributed by atoms with Crippen LogP contribution in [0.5, 0.6) is 0 Å². The largest absolute Gasteiger partial charge is 0.378 e. The zero-order valence-corrected chi connectivity index (χ0v) is 12.3. The molecule has 1 fully saturated rings. The molecule has 106 valence electrons. The number of ether oxygens (including phenoxy) is 1. The summed E-state index contributed by atoms with van der Waals surface area (Å²) < 4.78 is 5.74. The molecule has 19 heavy (non-hydrogen) atoms. The van der Waals surface area contributed by atoms with Gasteiger partial charge < -0.3 is 10.1 Å². The maximum absolute atomic E-state index is 5.74. The Morgan fingerprint density at radius 3 is 2.74 bits per heavy atom. The van der Waals surface area contributed by atoms with Crippen molar-refractivity contribution in [2.75, 3.05) is 13.2 Å². The average molecular weight is 261 g/mol. The second kappa shape index (κ2) is 7.66. The van der Waals surface area contributed by atoms with Crippen molar-refractivity contribution in [2.24, 2.45) is 5.92 Å². The maximum Gasteiger partial charge on any atom is 0.0551 e. The van der Waals surface area contributed by atoms with E-state index in [1.165, 1.54) is 24.8 Å². The Kier molecular flexibility index (Phi) is 5.87. The average Bonchev–Trinajstić information content (AvgIpc) is 2.86. The van der Waals surface area contributed by atoms with Crippen molar-refractivity contribution in [2.45, 2.75) is 51.7 Å². The Bertz CT molecular complexity index is 352. The first-order valence-electron chi connectivity index (χ1n) is 7.68. The molecule has 0 aromatic heterocycles. The topological polar surface area (TPSA) is 21.3 Å². The van der Waals surface area contributed by atoms with E-state index >= 15 is 0 Å². The van der Waals surface area contributed by atoms with Crippen LogP contribution in [0.4, 0.5) is 0 Å². The fourth-order valence-corrected chi connectivity index (χ4v) is 2.93. The zero-order valence-electron chi connectivity index (χ0n) is 12.3. The van der Waals surface area contributed by atoms with E-state index in [1.807, 2.05) is 0 Å². The van der Waals surface area contributed by atoms with Crippen LogP contribution in [0.2, 0.25) is 0 Å². The quantitative estimate of drug-likeness (QED) is 0.812. The van der Waals surface area contributed by atoms with Crippen molar-refractivity contribution in [3.8, 4) is 0 Å². The summed E-state index contributed by atoms with van der Waals surface area (Å²) in [5.41, 5.74) is 1.44. The van der Waals surface area contributed by atoms with E-state index in [-0.39, 0.29) is 0 Å². The highest BCUT2D eigenvalue weighted by molar-refractivity contribution is 5.14. The lowest BCUT2D eigenvalue weighted by Crippen LogP contribution is -2.37. The van der Waals surface area contributed by atoms with Gasteiger partial charge in [-0.15, -0.1) is 0 Å². The van der Waals surface area contributed by atoms with Crippen LogP contribution in [0.3, 0.4) is 0 Å². The Morgan fingerprint density at radius 1 is 1.32 bits per heavy atom. The van der Waals surface area contributed by atoms with Gasteiger partial charge in [0.2, 0.25) is 0 Å². The minimum atomic E-state index is 0.438. The molecule has 1 aliphatic rings. The fraction of sp³-hybridized carbons (Fsp3) is 0.647. The summed E-state index contributed by atoms with van der Waals surface area (Å²) in [5, 5.41) is 3.72. The summed E-state index contributed by atoms with van der Waals surface area (Å²) in [6, 6.07) is 11.4. The molecule has 2 heteroatoms. The maximum atomic E-state index is 5.74. The normalized spacial score (nSPS) is 24.5. The van der Waals surface area contributed by atoms with Crippen molar-refractivity contribution in [3.63, 3.8) is 0 Å². The van der Waals surface area contributed by atoms with Crippen LogP contribution in [0.15, 0.2) is 30.3 Å². The van der Waals surface area contributed by atoms with Gasteiger partial charge in [-0.2, -0.15) is 0 Å². The zero-order chi connectivity index (χ0) is 13.5. The molecule has 0 saturated carbocycles. The van der Waals surface area contributed by atoms with Crippen LogP contribution in [0.25, 0.3) is 0 Å². The molecule has 1 heterocycles. The first-order valence-corrected chi connectivity index (χ1v) is 7.68. The Balaban J connectivity index is 1.86. The van der Waals surface area contributed by atoms with Crippen LogP contribution in [0.1, 0.15) is 38.7 Å². The Morgan fingerprint density at radius 2 is 2.11 bits per heavy atom. The van der Waals surface area contributed by atoms with E-state index in [2.05, 4.69) is 49.5 Å². The molecule has 1 saturated heterocycles. The lowest BCUT2D eigenvalue weighted by atomic mass is 9.91. The van der Waals surface area contributed by atoms with E-state index in [9.17, 15) is 0 Å². The predicted molar refractivity (Wildman–Crippen MR) is 80.4 cm³/mol. The molecule has 1 aromatic rings. The molecule has 2 rings (SSSR count). The van der Waals surface area contributed by atoms with Crippen LogP contribution in [-0.4, -0.2) is 25.3 Å². The minimum Gasteiger partial charge on any atom is -0.378 e. The summed E-state index contributed by atoms with van der Waals surface area (Å²) in [6.45, 7) is 6.46. The molecular formula is C17H27NO. The molecule has 0 bridgehead atoms. The number of nitrogens with one attached hydrogen (secondary N) is 1. The molecular weight excluding hydrogens is 234 g/mol. The summed E-state index contributed by atoms with van der Waals surface area (Å²) >= 11 is 0. The molecule has 3 atom stereocenters. The molecule has 1 aliphatic heterocycles. The summed E-state index contributed by atoms with van der Waals surface area (Å²) in [6.07, 6.45) is 5.21. The van der Waals surface area contributed by atoms with Crippen LogP contribution in [0, 0.1) is 5.92 Å². The van der Waals surface area contributed by atoms with Crippen LogP contribution in [-0.2, 0) is 11.2 Å². The summed E-state index contributed by atoms with van der Waals surface area (Å²) in [5.74, 6) is 0.685. The van der Waals surface area contributed by atoms with Crippen molar-refractivity contribution < 1.29 is 4.74 Å². The van der Waals surface area contributed by atoms with Crippen LogP contribution >= 0.6 is 0 Å². The monoisotopic (exact) mass is 261 g/mol. The number of aryl methyl sites for hydroxylation is 1. The van der Waals surface area contributed by atoms with Gasteiger partial charge in [0.15, 0.2) is 0 Å². The second-order valence-corrected chi connectivity index (χ2v) is 5.72. The number of hydrogen-bond acceptors (Lipinski definition) is 2. The first kappa shape index (κ1) is 14.5. The van der Waals surface area contributed by atoms with E-state index < -0.39 is 0 Å². The highest BCUT2D eigenvalue weighted by Gasteiger charge is 2.28. The van der Waals surface area contributed by atoms with Crippen LogP contribution < -0.4 is 5.32 Å². The van der Waals surface area contributed by atoms with Gasteiger partial charge in [0.05, 0.1) is 12.7 Å². The lowest BCUT2D eigenvalue weighted by molar-refractivity contribution is 0.116. The highest BCUT2D eigenvalue weighted by Crippen LogP contribution is 2.24. The predicted octanol–water partition coefficient (Wildman–Crippen LogP) is 3.41. The van der Waals surface area contributed by atoms with Crippen molar-refractivity contribution in [1.82, 2.24) is 5.32 Å². The lowest BCUT2D eigenvalue weighted by Gasteiger charge is -2.24. The van der Waals surface area contributed by atoms with Gasteiger partial charge in [0, 0.05) is 12.0 Å². The van der Waals surface area contributed by atoms with Crippen molar-refractivity contribution in [1.29, 1.82) is 0 Å². The van der Waals surface area contributed by atoms with Gasteiger partial charge in [0.25, 0.3) is 0 Å². The fourth-order valence-electron chi connectivity index (χ4n) is 2.93. The van der Waals surface area contributed by atoms with E-state index in [0.29, 0.717) is 18.1 Å². The SMILES string of the molecule is CCCNC(CCc1ccccc1)C1COC(C)C1. The Labute approximate surface area is 117 Å². The number of hydrogen-bond donors (Lipinski definition) is 1. The minimum absolute atomic E-state index is 0.438. The summed E-state index contributed by atoms with van der Waals surface area (Å²) in [4.78, 5) is 0. The molecule has 0 radical (unpaired) electrons. The Hall–Kier alpha value is -0.860.